The third-order valence-electron chi connectivity index (χ3n) is 0.755. The predicted molar refractivity (Wildman–Crippen MR) is 40.2 cm³/mol. The maximum atomic E-state index is 11.3. The molecule has 5 heteroatoms. The molecule has 0 saturated heterocycles. The van der Waals surface area contributed by atoms with Crippen LogP contribution in [0.3, 0.4) is 0 Å². The molecule has 0 saturated carbocycles. The maximum absolute atomic E-state index is 11.3. The van der Waals surface area contributed by atoms with E-state index in [2.05, 4.69) is 10.8 Å². The van der Waals surface area contributed by atoms with E-state index in [0.29, 0.717) is 0 Å². The Kier molecular flexibility index (Phi) is 4.72. The molecule has 0 heterocycles. The van der Waals surface area contributed by atoms with Gasteiger partial charge in [-0.2, -0.15) is 8.42 Å². The third kappa shape index (κ3) is 5.75. The minimum absolute atomic E-state index is 0.0809. The summed E-state index contributed by atoms with van der Waals surface area (Å²) in [5.74, 6) is -0.447. The molecule has 0 spiro atoms. The van der Waals surface area contributed by atoms with Crippen molar-refractivity contribution in [3.63, 3.8) is 0 Å². The largest absolute Gasteiger partial charge is 0.271 e. The minimum atomic E-state index is -3.60. The molecular weight excluding hydrogens is 171 g/mol. The molecule has 64 valence electrons. The Labute approximate surface area is 65.3 Å². The molecule has 0 bridgehead atoms. The van der Waals surface area contributed by atoms with Crippen molar-refractivity contribution in [2.45, 2.75) is 0 Å². The highest BCUT2D eigenvalue weighted by Gasteiger charge is 2.06. The van der Waals surface area contributed by atoms with E-state index in [0.717, 1.165) is 6.08 Å². The first-order valence-electron chi connectivity index (χ1n) is 2.85. The first-order chi connectivity index (χ1) is 5.12. The highest BCUT2D eigenvalue weighted by Crippen LogP contribution is 1.93. The van der Waals surface area contributed by atoms with Crippen molar-refractivity contribution >= 4 is 10.1 Å². The summed E-state index contributed by atoms with van der Waals surface area (Å²) in [6.45, 7) is 3.18. The molecule has 0 aromatic carbocycles. The molecule has 11 heavy (non-hydrogen) atoms. The predicted octanol–water partition coefficient (Wildman–Crippen LogP) is 1.00. The first-order valence-corrected chi connectivity index (χ1v) is 4.43. The molecule has 0 unspecified atom stereocenters. The Morgan fingerprint density at radius 3 is 2.64 bits per heavy atom. The van der Waals surface area contributed by atoms with Gasteiger partial charge < -0.3 is 0 Å². The lowest BCUT2D eigenvalue weighted by Crippen LogP contribution is -2.08. The van der Waals surface area contributed by atoms with Gasteiger partial charge in [0.25, 0.3) is 10.1 Å². The lowest BCUT2D eigenvalue weighted by molar-refractivity contribution is 0.359. The van der Waals surface area contributed by atoms with Gasteiger partial charge in [0.05, 0.1) is 18.7 Å². The highest BCUT2D eigenvalue weighted by atomic mass is 32.2. The van der Waals surface area contributed by atoms with Gasteiger partial charge in [-0.25, -0.2) is 4.39 Å². The average molecular weight is 180 g/mol. The Morgan fingerprint density at radius 2 is 2.18 bits per heavy atom. The normalized spacial score (nSPS) is 12.1. The van der Waals surface area contributed by atoms with E-state index in [9.17, 15) is 12.8 Å². The van der Waals surface area contributed by atoms with Crippen molar-refractivity contribution < 1.29 is 17.0 Å². The van der Waals surface area contributed by atoms with Gasteiger partial charge in [-0.1, -0.05) is 6.08 Å². The number of halogens is 1. The van der Waals surface area contributed by atoms with Gasteiger partial charge in [0.15, 0.2) is 0 Å². The highest BCUT2D eigenvalue weighted by molar-refractivity contribution is 7.86. The number of hydrogen-bond donors (Lipinski definition) is 0. The van der Waals surface area contributed by atoms with Crippen LogP contribution in [0.2, 0.25) is 0 Å². The van der Waals surface area contributed by atoms with Crippen LogP contribution in [-0.4, -0.2) is 20.8 Å². The van der Waals surface area contributed by atoms with Crippen LogP contribution in [0.4, 0.5) is 4.39 Å². The fraction of sp³-hybridized carbons (Fsp3) is 0.333. The average Bonchev–Trinajstić information content (AvgIpc) is 1.97. The van der Waals surface area contributed by atoms with Gasteiger partial charge in [0, 0.05) is 0 Å². The summed E-state index contributed by atoms with van der Waals surface area (Å²) in [5, 5.41) is 0. The molecule has 3 nitrogen and oxygen atoms in total. The lowest BCUT2D eigenvalue weighted by atomic mass is 10.7. The van der Waals surface area contributed by atoms with E-state index in [1.54, 1.807) is 0 Å². The molecule has 0 N–H and O–H groups in total. The molecule has 0 aliphatic rings. The molecule has 0 fully saturated rings. The van der Waals surface area contributed by atoms with E-state index < -0.39 is 15.9 Å². The summed E-state index contributed by atoms with van der Waals surface area (Å²) in [6.07, 6.45) is 2.32. The second-order valence-corrected chi connectivity index (χ2v) is 3.34. The summed E-state index contributed by atoms with van der Waals surface area (Å²) in [6, 6.07) is 0. The zero-order chi connectivity index (χ0) is 8.74. The van der Waals surface area contributed by atoms with Gasteiger partial charge in [0.2, 0.25) is 0 Å². The van der Waals surface area contributed by atoms with Gasteiger partial charge in [-0.3, -0.25) is 4.18 Å². The van der Waals surface area contributed by atoms with Crippen LogP contribution < -0.4 is 0 Å². The van der Waals surface area contributed by atoms with Crippen molar-refractivity contribution in [3.8, 4) is 0 Å². The van der Waals surface area contributed by atoms with Gasteiger partial charge in [0.1, 0.15) is 0 Å². The maximum Gasteiger partial charge on any atom is 0.271 e. The lowest BCUT2D eigenvalue weighted by Gasteiger charge is -1.97. The standard InChI is InChI=1S/C6H9FO3S/c1-2-5-10-11(8,9)6-3-4-7/h2-4H,1,5-6H2. The van der Waals surface area contributed by atoms with Gasteiger partial charge in [-0.15, -0.1) is 6.58 Å². The van der Waals surface area contributed by atoms with E-state index in [-0.39, 0.29) is 12.9 Å². The Bertz CT molecular complexity index is 230. The van der Waals surface area contributed by atoms with Crippen molar-refractivity contribution in [1.82, 2.24) is 0 Å². The Balaban J connectivity index is 3.91. The van der Waals surface area contributed by atoms with Crippen LogP contribution in [0.5, 0.6) is 0 Å². The van der Waals surface area contributed by atoms with Crippen molar-refractivity contribution in [2.24, 2.45) is 0 Å². The van der Waals surface area contributed by atoms with E-state index in [1.807, 2.05) is 0 Å². The van der Waals surface area contributed by atoms with E-state index >= 15 is 0 Å². The van der Waals surface area contributed by atoms with Crippen LogP contribution in [0, 0.1) is 0 Å². The topological polar surface area (TPSA) is 43.4 Å². The molecule has 0 rings (SSSR count). The molecule has 0 aromatic rings. The van der Waals surface area contributed by atoms with Crippen molar-refractivity contribution in [3.05, 3.63) is 25.1 Å². The SMILES string of the molecule is C=CCOS(=O)(=O)CC=CF. The summed E-state index contributed by atoms with van der Waals surface area (Å²) in [7, 11) is -3.60. The molecule has 0 atom stereocenters. The Hall–Kier alpha value is -0.680. The summed E-state index contributed by atoms with van der Waals surface area (Å²) >= 11 is 0. The molecule has 0 aliphatic carbocycles. The fourth-order valence-corrected chi connectivity index (χ4v) is 1.06. The van der Waals surface area contributed by atoms with Crippen LogP contribution in [0.15, 0.2) is 25.1 Å². The second kappa shape index (κ2) is 5.03. The second-order valence-electron chi connectivity index (χ2n) is 1.66. The molecule has 0 aromatic heterocycles. The first kappa shape index (κ1) is 10.3. The summed E-state index contributed by atoms with van der Waals surface area (Å²) in [4.78, 5) is 0. The number of hydrogen-bond acceptors (Lipinski definition) is 3. The zero-order valence-corrected chi connectivity index (χ0v) is 6.68. The van der Waals surface area contributed by atoms with Crippen molar-refractivity contribution in [2.75, 3.05) is 12.4 Å². The smallest absolute Gasteiger partial charge is 0.266 e. The monoisotopic (exact) mass is 180 g/mol. The minimum Gasteiger partial charge on any atom is -0.266 e. The molecule has 0 amide bonds. The zero-order valence-electron chi connectivity index (χ0n) is 5.86. The van der Waals surface area contributed by atoms with Crippen molar-refractivity contribution in [1.29, 1.82) is 0 Å². The van der Waals surface area contributed by atoms with Crippen LogP contribution in [0.1, 0.15) is 0 Å². The van der Waals surface area contributed by atoms with Crippen LogP contribution >= 0.6 is 0 Å². The van der Waals surface area contributed by atoms with E-state index in [4.69, 9.17) is 0 Å². The van der Waals surface area contributed by atoms with Gasteiger partial charge in [-0.05, 0) is 6.08 Å². The molecule has 0 aliphatic heterocycles. The molecule has 0 radical (unpaired) electrons. The van der Waals surface area contributed by atoms with Crippen LogP contribution in [-0.2, 0) is 14.3 Å². The van der Waals surface area contributed by atoms with Gasteiger partial charge >= 0.3 is 0 Å². The fourth-order valence-electron chi connectivity index (χ4n) is 0.354. The quantitative estimate of drug-likeness (QED) is 0.468. The molecular formula is C6H9FO3S. The van der Waals surface area contributed by atoms with Crippen LogP contribution in [0.25, 0.3) is 0 Å². The Morgan fingerprint density at radius 1 is 1.55 bits per heavy atom. The third-order valence-corrected chi connectivity index (χ3v) is 1.85. The summed E-state index contributed by atoms with van der Waals surface area (Å²) in [5.41, 5.74) is 0. The van der Waals surface area contributed by atoms with E-state index in [1.165, 1.54) is 6.08 Å². The summed E-state index contributed by atoms with van der Waals surface area (Å²) < 4.78 is 37.0. The number of rotatable bonds is 5.